The number of carbonyl (C=O) groups is 1. The molecule has 0 aliphatic rings. The van der Waals surface area contributed by atoms with Crippen LogP contribution in [0, 0.1) is 11.6 Å². The van der Waals surface area contributed by atoms with Crippen molar-refractivity contribution in [2.45, 2.75) is 26.4 Å². The average molecular weight is 335 g/mol. The van der Waals surface area contributed by atoms with E-state index in [1.807, 2.05) is 5.43 Å². The van der Waals surface area contributed by atoms with Crippen LogP contribution in [0.4, 0.5) is 13.6 Å². The quantitative estimate of drug-likeness (QED) is 0.663. The molecule has 0 spiro atoms. The van der Waals surface area contributed by atoms with Gasteiger partial charge in [-0.05, 0) is 32.9 Å². The minimum absolute atomic E-state index is 0.278. The molecule has 104 valence electrons. The predicted molar refractivity (Wildman–Crippen MR) is 71.0 cm³/mol. The second-order valence-corrected chi connectivity index (χ2v) is 5.57. The van der Waals surface area contributed by atoms with E-state index in [4.69, 9.17) is 4.74 Å². The van der Waals surface area contributed by atoms with Crippen molar-refractivity contribution in [3.63, 3.8) is 0 Å². The van der Waals surface area contributed by atoms with Gasteiger partial charge in [-0.25, -0.2) is 19.0 Å². The summed E-state index contributed by atoms with van der Waals surface area (Å²) in [5.74, 6) is -1.58. The maximum Gasteiger partial charge on any atom is 0.428 e. The maximum atomic E-state index is 13.4. The summed E-state index contributed by atoms with van der Waals surface area (Å²) in [5.41, 5.74) is 0.999. The fourth-order valence-corrected chi connectivity index (χ4v) is 1.53. The van der Waals surface area contributed by atoms with E-state index in [9.17, 15) is 13.6 Å². The van der Waals surface area contributed by atoms with E-state index in [0.29, 0.717) is 0 Å². The molecule has 0 radical (unpaired) electrons. The molecular formula is C12H13BrF2N2O2. The van der Waals surface area contributed by atoms with Gasteiger partial charge in [-0.15, -0.1) is 0 Å². The van der Waals surface area contributed by atoms with Crippen LogP contribution in [0.25, 0.3) is 0 Å². The molecule has 1 amide bonds. The molecule has 4 nitrogen and oxygen atoms in total. The van der Waals surface area contributed by atoms with Gasteiger partial charge >= 0.3 is 6.09 Å². The molecule has 0 saturated carbocycles. The lowest BCUT2D eigenvalue weighted by atomic mass is 10.2. The summed E-state index contributed by atoms with van der Waals surface area (Å²) >= 11 is 2.96. The lowest BCUT2D eigenvalue weighted by Gasteiger charge is -2.18. The fourth-order valence-electron chi connectivity index (χ4n) is 1.13. The first-order valence-corrected chi connectivity index (χ1v) is 6.15. The standard InChI is InChI=1S/C12H13BrF2N2O2/c1-12(2,3)19-11(18)17-16-6-8-9(14)4-7(13)5-10(8)15/h4-6H,1-3H3,(H,17,18)/b16-6+. The van der Waals surface area contributed by atoms with E-state index in [1.165, 1.54) is 0 Å². The van der Waals surface area contributed by atoms with Crippen molar-refractivity contribution in [2.75, 3.05) is 0 Å². The largest absolute Gasteiger partial charge is 0.443 e. The highest BCUT2D eigenvalue weighted by Gasteiger charge is 2.15. The van der Waals surface area contributed by atoms with Crippen molar-refractivity contribution in [1.82, 2.24) is 5.43 Å². The Morgan fingerprint density at radius 1 is 1.37 bits per heavy atom. The van der Waals surface area contributed by atoms with Gasteiger partial charge in [0, 0.05) is 4.47 Å². The number of rotatable bonds is 2. The molecule has 0 aromatic heterocycles. The number of hydrazone groups is 1. The summed E-state index contributed by atoms with van der Waals surface area (Å²) < 4.78 is 32.0. The third-order valence-electron chi connectivity index (χ3n) is 1.79. The zero-order valence-electron chi connectivity index (χ0n) is 10.6. The van der Waals surface area contributed by atoms with Crippen LogP contribution in [0.2, 0.25) is 0 Å². The summed E-state index contributed by atoms with van der Waals surface area (Å²) in [5, 5.41) is 3.43. The van der Waals surface area contributed by atoms with Crippen LogP contribution in [0.3, 0.4) is 0 Å². The number of hydrogen-bond donors (Lipinski definition) is 1. The number of benzene rings is 1. The Bertz CT molecular complexity index is 490. The van der Waals surface area contributed by atoms with E-state index in [2.05, 4.69) is 21.0 Å². The summed E-state index contributed by atoms with van der Waals surface area (Å²) in [7, 11) is 0. The van der Waals surface area contributed by atoms with Crippen molar-refractivity contribution < 1.29 is 18.3 Å². The van der Waals surface area contributed by atoms with Crippen LogP contribution in [-0.2, 0) is 4.74 Å². The van der Waals surface area contributed by atoms with Crippen molar-refractivity contribution in [3.05, 3.63) is 33.8 Å². The van der Waals surface area contributed by atoms with Gasteiger partial charge in [0.2, 0.25) is 0 Å². The molecule has 0 aliphatic heterocycles. The minimum Gasteiger partial charge on any atom is -0.443 e. The molecule has 0 aliphatic carbocycles. The van der Waals surface area contributed by atoms with E-state index < -0.39 is 23.3 Å². The first-order chi connectivity index (χ1) is 8.69. The van der Waals surface area contributed by atoms with Gasteiger partial charge in [0.1, 0.15) is 17.2 Å². The van der Waals surface area contributed by atoms with Crippen molar-refractivity contribution in [1.29, 1.82) is 0 Å². The number of nitrogens with one attached hydrogen (secondary N) is 1. The van der Waals surface area contributed by atoms with Gasteiger partial charge in [-0.2, -0.15) is 5.10 Å². The average Bonchev–Trinajstić information content (AvgIpc) is 2.19. The predicted octanol–water partition coefficient (Wildman–Crippen LogP) is 3.59. The molecule has 0 saturated heterocycles. The highest BCUT2D eigenvalue weighted by Crippen LogP contribution is 2.17. The van der Waals surface area contributed by atoms with E-state index >= 15 is 0 Å². The van der Waals surface area contributed by atoms with Crippen LogP contribution in [0.15, 0.2) is 21.7 Å². The third kappa shape index (κ3) is 5.34. The van der Waals surface area contributed by atoms with Gasteiger partial charge in [-0.3, -0.25) is 0 Å². The molecule has 1 N–H and O–H groups in total. The third-order valence-corrected chi connectivity index (χ3v) is 2.25. The summed E-state index contributed by atoms with van der Waals surface area (Å²) in [6, 6.07) is 2.19. The number of carbonyl (C=O) groups excluding carboxylic acids is 1. The first kappa shape index (κ1) is 15.6. The molecule has 7 heteroatoms. The lowest BCUT2D eigenvalue weighted by molar-refractivity contribution is 0.0529. The van der Waals surface area contributed by atoms with Crippen molar-refractivity contribution >= 4 is 28.2 Å². The second-order valence-electron chi connectivity index (χ2n) is 4.66. The lowest BCUT2D eigenvalue weighted by Crippen LogP contribution is -2.29. The number of hydrogen-bond acceptors (Lipinski definition) is 3. The van der Waals surface area contributed by atoms with Gasteiger partial charge in [0.05, 0.1) is 11.8 Å². The Labute approximate surface area is 118 Å². The SMILES string of the molecule is CC(C)(C)OC(=O)N/N=C/c1c(F)cc(Br)cc1F. The van der Waals surface area contributed by atoms with E-state index in [0.717, 1.165) is 18.3 Å². The van der Waals surface area contributed by atoms with Crippen LogP contribution in [0.1, 0.15) is 26.3 Å². The van der Waals surface area contributed by atoms with Crippen LogP contribution in [0.5, 0.6) is 0 Å². The molecule has 0 bridgehead atoms. The monoisotopic (exact) mass is 334 g/mol. The zero-order chi connectivity index (χ0) is 14.6. The topological polar surface area (TPSA) is 50.7 Å². The Kier molecular flexibility index (Phi) is 4.99. The molecule has 0 unspecified atom stereocenters. The normalized spacial score (nSPS) is 11.7. The fraction of sp³-hybridized carbons (Fsp3) is 0.333. The van der Waals surface area contributed by atoms with E-state index in [-0.39, 0.29) is 10.0 Å². The van der Waals surface area contributed by atoms with Crippen LogP contribution in [-0.4, -0.2) is 17.9 Å². The molecule has 1 aromatic carbocycles. The Morgan fingerprint density at radius 2 is 1.89 bits per heavy atom. The number of nitrogens with zero attached hydrogens (tertiary/aromatic N) is 1. The summed E-state index contributed by atoms with van der Waals surface area (Å²) in [4.78, 5) is 11.2. The number of halogens is 3. The Morgan fingerprint density at radius 3 is 2.37 bits per heavy atom. The zero-order valence-corrected chi connectivity index (χ0v) is 12.2. The molecule has 1 rings (SSSR count). The second kappa shape index (κ2) is 6.10. The van der Waals surface area contributed by atoms with E-state index in [1.54, 1.807) is 20.8 Å². The van der Waals surface area contributed by atoms with Gasteiger partial charge < -0.3 is 4.74 Å². The van der Waals surface area contributed by atoms with Gasteiger partial charge in [0.15, 0.2) is 0 Å². The highest BCUT2D eigenvalue weighted by atomic mass is 79.9. The highest BCUT2D eigenvalue weighted by molar-refractivity contribution is 9.10. The summed E-state index contributed by atoms with van der Waals surface area (Å²) in [6.07, 6.45) is 0.0720. The maximum absolute atomic E-state index is 13.4. The van der Waals surface area contributed by atoms with Gasteiger partial charge in [0.25, 0.3) is 0 Å². The molecule has 0 atom stereocenters. The number of ether oxygens (including phenoxy) is 1. The van der Waals surface area contributed by atoms with Gasteiger partial charge in [-0.1, -0.05) is 15.9 Å². The van der Waals surface area contributed by atoms with Crippen molar-refractivity contribution in [3.8, 4) is 0 Å². The molecule has 0 fully saturated rings. The molecular weight excluding hydrogens is 322 g/mol. The van der Waals surface area contributed by atoms with Crippen LogP contribution < -0.4 is 5.43 Å². The minimum atomic E-state index is -0.804. The Hall–Kier alpha value is -1.50. The van der Waals surface area contributed by atoms with Crippen LogP contribution >= 0.6 is 15.9 Å². The molecule has 19 heavy (non-hydrogen) atoms. The summed E-state index contributed by atoms with van der Waals surface area (Å²) in [6.45, 7) is 5.05. The molecule has 1 aromatic rings. The first-order valence-electron chi connectivity index (χ1n) is 5.35. The Balaban J connectivity index is 2.71. The smallest absolute Gasteiger partial charge is 0.428 e. The number of amides is 1. The molecule has 0 heterocycles. The van der Waals surface area contributed by atoms with Crippen molar-refractivity contribution in [2.24, 2.45) is 5.10 Å².